The molecule has 0 rings (SSSR count). The SMILES string of the molecule is O=[Si]([O-])[O-].O=[Si]([O-])[O-].O=[Si]([O-])[O-].[Al+3].[Al+3].[SrH2].[SrH2]. The van der Waals surface area contributed by atoms with Crippen LogP contribution in [0.4, 0.5) is 0 Å². The zero-order valence-electron chi connectivity index (χ0n) is 6.33. The zero-order chi connectivity index (χ0) is 10.7. The first-order valence-corrected chi connectivity index (χ1v) is 5.51. The summed E-state index contributed by atoms with van der Waals surface area (Å²) < 4.78 is 25.6. The molecule has 0 saturated carbocycles. The number of hydrogen-bond donors (Lipinski definition) is 0. The minimum atomic E-state index is -3.63. The minimum absolute atomic E-state index is 0. The summed E-state index contributed by atoms with van der Waals surface area (Å²) in [5.74, 6) is 0. The van der Waals surface area contributed by atoms with E-state index >= 15 is 0 Å². The molecule has 0 aromatic carbocycles. The molecule has 80 valence electrons. The summed E-state index contributed by atoms with van der Waals surface area (Å²) in [4.78, 5) is 51.1. The van der Waals surface area contributed by atoms with Crippen molar-refractivity contribution >= 4 is 153 Å². The molecule has 16 heteroatoms. The van der Waals surface area contributed by atoms with Crippen molar-refractivity contribution in [2.75, 3.05) is 0 Å². The predicted molar refractivity (Wildman–Crippen MR) is 47.9 cm³/mol. The fourth-order valence-electron chi connectivity index (χ4n) is 0. The Kier molecular flexibility index (Phi) is 96.5. The third-order valence-corrected chi connectivity index (χ3v) is 0. The maximum absolute atomic E-state index is 8.52. The molecule has 0 spiro atoms. The first-order chi connectivity index (χ1) is 5.20. The van der Waals surface area contributed by atoms with Crippen molar-refractivity contribution in [2.24, 2.45) is 0 Å². The van der Waals surface area contributed by atoms with Crippen molar-refractivity contribution in [3.05, 3.63) is 0 Å². The molecule has 0 unspecified atom stereocenters. The molecule has 0 aliphatic heterocycles. The van der Waals surface area contributed by atoms with Crippen molar-refractivity contribution < 1.29 is 42.2 Å². The molecule has 0 atom stereocenters. The van der Waals surface area contributed by atoms with E-state index < -0.39 is 27.5 Å². The van der Waals surface area contributed by atoms with Crippen LogP contribution < -0.4 is 28.8 Å². The first-order valence-electron chi connectivity index (χ1n) is 1.84. The normalized spacial score (nSPS) is 4.50. The second kappa shape index (κ2) is 36.1. The number of hydrogen-bond acceptors (Lipinski definition) is 9. The van der Waals surface area contributed by atoms with E-state index in [1.165, 1.54) is 0 Å². The van der Waals surface area contributed by atoms with Crippen LogP contribution >= 0.6 is 0 Å². The van der Waals surface area contributed by atoms with E-state index in [4.69, 9.17) is 42.2 Å². The van der Waals surface area contributed by atoms with Gasteiger partial charge < -0.3 is 42.2 Å². The molecular weight excluding hydrogens is 457 g/mol. The molecule has 0 radical (unpaired) electrons. The quantitative estimate of drug-likeness (QED) is 0.315. The molecule has 0 fully saturated rings. The first kappa shape index (κ1) is 42.8. The Morgan fingerprint density at radius 1 is 0.500 bits per heavy atom. The molecule has 0 aromatic rings. The van der Waals surface area contributed by atoms with Crippen LogP contribution in [0.1, 0.15) is 0 Å². The summed E-state index contributed by atoms with van der Waals surface area (Å²) >= 11 is 0. The van der Waals surface area contributed by atoms with E-state index in [2.05, 4.69) is 0 Å². The van der Waals surface area contributed by atoms with Crippen molar-refractivity contribution in [1.29, 1.82) is 0 Å². The van der Waals surface area contributed by atoms with Gasteiger partial charge in [0.05, 0.1) is 0 Å². The predicted octanol–water partition coefficient (Wildman–Crippen LogP) is -11.2. The van der Waals surface area contributed by atoms with Gasteiger partial charge in [0.1, 0.15) is 0 Å². The summed E-state index contributed by atoms with van der Waals surface area (Å²) in [6, 6.07) is 0. The van der Waals surface area contributed by atoms with E-state index in [1.807, 2.05) is 0 Å². The Balaban J connectivity index is -0.0000000135. The van der Waals surface area contributed by atoms with Gasteiger partial charge >= 0.3 is 126 Å². The van der Waals surface area contributed by atoms with Gasteiger partial charge in [-0.3, -0.25) is 0 Å². The fourth-order valence-corrected chi connectivity index (χ4v) is 0. The second-order valence-electron chi connectivity index (χ2n) is 0.750. The Hall–Kier alpha value is 2.88. The standard InChI is InChI=1S/2Al.3O3Si.2Sr.4H/c;;3*1-4(2)3;;;;;;/q2*+3;3*-2;;;;;;. The Morgan fingerprint density at radius 3 is 0.500 bits per heavy atom. The van der Waals surface area contributed by atoms with Crippen LogP contribution in [-0.4, -0.2) is 153 Å². The Bertz CT molecular complexity index is 124. The van der Waals surface area contributed by atoms with E-state index in [1.54, 1.807) is 0 Å². The Labute approximate surface area is 191 Å². The summed E-state index contributed by atoms with van der Waals surface area (Å²) in [6.45, 7) is 0. The average Bonchev–Trinajstić information content (AvgIpc) is 1.54. The van der Waals surface area contributed by atoms with Crippen molar-refractivity contribution in [1.82, 2.24) is 0 Å². The van der Waals surface area contributed by atoms with Gasteiger partial charge in [0.2, 0.25) is 0 Å². The summed E-state index contributed by atoms with van der Waals surface area (Å²) in [5.41, 5.74) is 0. The van der Waals surface area contributed by atoms with Crippen LogP contribution in [0.25, 0.3) is 0 Å². The van der Waals surface area contributed by atoms with Crippen LogP contribution in [-0.2, 0) is 13.4 Å². The van der Waals surface area contributed by atoms with Gasteiger partial charge in [0, 0.05) is 27.5 Å². The molecule has 0 aliphatic rings. The molecule has 0 bridgehead atoms. The summed E-state index contributed by atoms with van der Waals surface area (Å²) in [5, 5.41) is 0. The van der Waals surface area contributed by atoms with E-state index in [-0.39, 0.29) is 126 Å². The van der Waals surface area contributed by atoms with Gasteiger partial charge in [-0.1, -0.05) is 0 Å². The molecular formula is H4Al2O9Si3Sr2. The van der Waals surface area contributed by atoms with Gasteiger partial charge in [-0.15, -0.1) is 0 Å². The maximum atomic E-state index is 8.52. The van der Waals surface area contributed by atoms with Crippen molar-refractivity contribution in [2.45, 2.75) is 0 Å². The molecule has 0 aliphatic carbocycles. The molecule has 0 aromatic heterocycles. The van der Waals surface area contributed by atoms with Gasteiger partial charge in [0.25, 0.3) is 0 Å². The third kappa shape index (κ3) is 514. The van der Waals surface area contributed by atoms with E-state index in [9.17, 15) is 0 Å². The van der Waals surface area contributed by atoms with Gasteiger partial charge in [0.15, 0.2) is 0 Å². The second-order valence-corrected chi connectivity index (χ2v) is 2.25. The molecule has 0 saturated heterocycles. The molecule has 0 amide bonds. The molecule has 0 N–H and O–H groups in total. The fraction of sp³-hybridized carbons (Fsp3) is 0. The molecule has 0 heterocycles. The summed E-state index contributed by atoms with van der Waals surface area (Å²) in [6.07, 6.45) is 0. The van der Waals surface area contributed by atoms with Crippen LogP contribution in [0.15, 0.2) is 0 Å². The number of rotatable bonds is 0. The van der Waals surface area contributed by atoms with Crippen LogP contribution in [0.5, 0.6) is 0 Å². The van der Waals surface area contributed by atoms with Crippen LogP contribution in [0.2, 0.25) is 0 Å². The monoisotopic (exact) mass is 462 g/mol. The third-order valence-electron chi connectivity index (χ3n) is 0. The van der Waals surface area contributed by atoms with Crippen molar-refractivity contribution in [3.63, 3.8) is 0 Å². The van der Waals surface area contributed by atoms with Crippen molar-refractivity contribution in [3.8, 4) is 0 Å². The van der Waals surface area contributed by atoms with Crippen LogP contribution in [0, 0.1) is 0 Å². The zero-order valence-corrected chi connectivity index (χ0v) is 11.6. The van der Waals surface area contributed by atoms with Gasteiger partial charge in [-0.25, -0.2) is 0 Å². The average molecular weight is 461 g/mol. The topological polar surface area (TPSA) is 190 Å². The molecule has 16 heavy (non-hydrogen) atoms. The van der Waals surface area contributed by atoms with Gasteiger partial charge in [-0.2, -0.15) is 0 Å². The summed E-state index contributed by atoms with van der Waals surface area (Å²) in [7, 11) is -10.9. The van der Waals surface area contributed by atoms with E-state index in [0.29, 0.717) is 0 Å². The van der Waals surface area contributed by atoms with E-state index in [0.717, 1.165) is 0 Å². The molecule has 9 nitrogen and oxygen atoms in total. The Morgan fingerprint density at radius 2 is 0.500 bits per heavy atom. The van der Waals surface area contributed by atoms with Crippen LogP contribution in [0.3, 0.4) is 0 Å². The van der Waals surface area contributed by atoms with Gasteiger partial charge in [-0.05, 0) is 0 Å².